The number of halogens is 2. The summed E-state index contributed by atoms with van der Waals surface area (Å²) in [6, 6.07) is 14.1. The van der Waals surface area contributed by atoms with E-state index in [0.29, 0.717) is 51.1 Å². The lowest BCUT2D eigenvalue weighted by atomic mass is 9.97. The van der Waals surface area contributed by atoms with E-state index in [9.17, 15) is 23.6 Å². The first kappa shape index (κ1) is 25.9. The highest BCUT2D eigenvalue weighted by atomic mass is 32.1. The minimum Gasteiger partial charge on any atom is -0.496 e. The Morgan fingerprint density at radius 1 is 1.13 bits per heavy atom. The van der Waals surface area contributed by atoms with Gasteiger partial charge in [0.1, 0.15) is 5.75 Å². The van der Waals surface area contributed by atoms with Crippen LogP contribution in [0.5, 0.6) is 5.75 Å². The number of hydrogen-bond acceptors (Lipinski definition) is 7. The first-order valence-corrected chi connectivity index (χ1v) is 12.6. The number of thiazole rings is 1. The fraction of sp³-hybridized carbons (Fsp3) is 0.179. The van der Waals surface area contributed by atoms with Crippen molar-refractivity contribution in [2.24, 2.45) is 0 Å². The van der Waals surface area contributed by atoms with Crippen LogP contribution in [0, 0.1) is 18.3 Å². The summed E-state index contributed by atoms with van der Waals surface area (Å²) < 4.78 is 31.1. The summed E-state index contributed by atoms with van der Waals surface area (Å²) in [5, 5.41) is 12.6. The van der Waals surface area contributed by atoms with Crippen molar-refractivity contribution in [1.82, 2.24) is 14.9 Å². The zero-order chi connectivity index (χ0) is 27.7. The number of nitriles is 1. The maximum atomic E-state index is 13.3. The van der Waals surface area contributed by atoms with Gasteiger partial charge in [0, 0.05) is 34.1 Å². The van der Waals surface area contributed by atoms with E-state index in [1.165, 1.54) is 48.9 Å². The summed E-state index contributed by atoms with van der Waals surface area (Å²) in [4.78, 5) is 37.4. The van der Waals surface area contributed by atoms with Gasteiger partial charge in [0.2, 0.25) is 0 Å². The summed E-state index contributed by atoms with van der Waals surface area (Å²) in [5.74, 6) is -0.201. The van der Waals surface area contributed by atoms with E-state index in [1.807, 2.05) is 0 Å². The van der Waals surface area contributed by atoms with Crippen LogP contribution in [0.1, 0.15) is 54.5 Å². The molecule has 4 aromatic rings. The van der Waals surface area contributed by atoms with Crippen molar-refractivity contribution < 1.29 is 23.1 Å². The van der Waals surface area contributed by atoms with Crippen LogP contribution in [-0.4, -0.2) is 33.8 Å². The van der Waals surface area contributed by atoms with Crippen LogP contribution < -0.4 is 10.1 Å². The van der Waals surface area contributed by atoms with Gasteiger partial charge in [-0.15, -0.1) is 0 Å². The molecule has 2 amide bonds. The molecule has 0 spiro atoms. The Bertz CT molecular complexity index is 1610. The van der Waals surface area contributed by atoms with Crippen LogP contribution in [-0.2, 0) is 13.1 Å². The van der Waals surface area contributed by atoms with E-state index in [4.69, 9.17) is 4.74 Å². The van der Waals surface area contributed by atoms with Crippen molar-refractivity contribution >= 4 is 28.3 Å². The Morgan fingerprint density at radius 2 is 1.90 bits per heavy atom. The van der Waals surface area contributed by atoms with Crippen LogP contribution in [0.4, 0.5) is 13.9 Å². The predicted octanol–water partition coefficient (Wildman–Crippen LogP) is 5.74. The fourth-order valence-electron chi connectivity index (χ4n) is 4.31. The Morgan fingerprint density at radius 3 is 2.56 bits per heavy atom. The fourth-order valence-corrected chi connectivity index (χ4v) is 5.29. The molecule has 0 aliphatic carbocycles. The van der Waals surface area contributed by atoms with Gasteiger partial charge in [-0.05, 0) is 43.3 Å². The number of fused-ring (bicyclic) bond motifs is 1. The van der Waals surface area contributed by atoms with Gasteiger partial charge in [0.25, 0.3) is 18.2 Å². The van der Waals surface area contributed by atoms with E-state index in [0.717, 1.165) is 4.88 Å². The minimum absolute atomic E-state index is 0.141. The second kappa shape index (κ2) is 10.6. The van der Waals surface area contributed by atoms with E-state index < -0.39 is 12.3 Å². The smallest absolute Gasteiger partial charge is 0.263 e. The van der Waals surface area contributed by atoms with Crippen molar-refractivity contribution in [3.05, 3.63) is 93.2 Å². The number of ether oxygens (including phenoxy) is 1. The first-order chi connectivity index (χ1) is 18.8. The summed E-state index contributed by atoms with van der Waals surface area (Å²) in [7, 11) is 1.52. The molecule has 11 heteroatoms. The number of aryl methyl sites for hydroxylation is 1. The molecular weight excluding hydrogens is 524 g/mol. The standard InChI is InChI=1S/C28H21F2N5O3S/c1-15-9-19(20-10-16(11-31)3-8-23(20)38-2)21(12-32-15)26(36)34-28-33-22-13-35(14-24(22)39-28)27(37)18-6-4-17(5-7-18)25(29)30/h3-10,12,25H,13-14H2,1-2H3,(H,33,34,36). The molecule has 196 valence electrons. The lowest BCUT2D eigenvalue weighted by molar-refractivity contribution is 0.0750. The summed E-state index contributed by atoms with van der Waals surface area (Å²) >= 11 is 1.26. The molecule has 3 heterocycles. The lowest BCUT2D eigenvalue weighted by Crippen LogP contribution is -2.25. The highest BCUT2D eigenvalue weighted by Gasteiger charge is 2.29. The SMILES string of the molecule is COc1ccc(C#N)cc1-c1cc(C)ncc1C(=O)Nc1nc2c(s1)CN(C(=O)c1ccc(C(F)F)cc1)C2. The maximum absolute atomic E-state index is 13.3. The van der Waals surface area contributed by atoms with Crippen LogP contribution in [0.2, 0.25) is 0 Å². The predicted molar refractivity (Wildman–Crippen MR) is 141 cm³/mol. The summed E-state index contributed by atoms with van der Waals surface area (Å²) in [6.45, 7) is 2.35. The molecule has 39 heavy (non-hydrogen) atoms. The van der Waals surface area contributed by atoms with Gasteiger partial charge >= 0.3 is 0 Å². The zero-order valence-electron chi connectivity index (χ0n) is 20.9. The Labute approximate surface area is 226 Å². The second-order valence-electron chi connectivity index (χ2n) is 8.83. The third kappa shape index (κ3) is 5.19. The van der Waals surface area contributed by atoms with E-state index >= 15 is 0 Å². The normalized spacial score (nSPS) is 12.3. The Kier molecular flexibility index (Phi) is 7.04. The molecule has 1 N–H and O–H groups in total. The molecule has 0 saturated carbocycles. The molecule has 0 unspecified atom stereocenters. The molecule has 0 bridgehead atoms. The largest absolute Gasteiger partial charge is 0.496 e. The highest BCUT2D eigenvalue weighted by Crippen LogP contribution is 2.35. The van der Waals surface area contributed by atoms with Gasteiger partial charge in [-0.25, -0.2) is 13.8 Å². The molecule has 1 aliphatic heterocycles. The first-order valence-electron chi connectivity index (χ1n) is 11.8. The van der Waals surface area contributed by atoms with Crippen molar-refractivity contribution in [2.75, 3.05) is 12.4 Å². The van der Waals surface area contributed by atoms with Crippen LogP contribution in [0.25, 0.3) is 11.1 Å². The van der Waals surface area contributed by atoms with Gasteiger partial charge in [0.15, 0.2) is 5.13 Å². The molecule has 0 atom stereocenters. The number of anilines is 1. The van der Waals surface area contributed by atoms with Crippen molar-refractivity contribution in [3.8, 4) is 22.9 Å². The van der Waals surface area contributed by atoms with Gasteiger partial charge in [-0.1, -0.05) is 23.5 Å². The highest BCUT2D eigenvalue weighted by molar-refractivity contribution is 7.16. The number of carbonyl (C=O) groups is 2. The number of pyridine rings is 1. The Balaban J connectivity index is 1.34. The lowest BCUT2D eigenvalue weighted by Gasteiger charge is -2.16. The summed E-state index contributed by atoms with van der Waals surface area (Å²) in [6.07, 6.45) is -1.12. The zero-order valence-corrected chi connectivity index (χ0v) is 21.7. The van der Waals surface area contributed by atoms with E-state index in [2.05, 4.69) is 21.4 Å². The second-order valence-corrected chi connectivity index (χ2v) is 9.91. The van der Waals surface area contributed by atoms with Crippen molar-refractivity contribution in [2.45, 2.75) is 26.4 Å². The van der Waals surface area contributed by atoms with Crippen LogP contribution in [0.15, 0.2) is 54.7 Å². The number of rotatable bonds is 6. The number of alkyl halides is 2. The number of nitrogens with one attached hydrogen (secondary N) is 1. The number of aromatic nitrogens is 2. The number of benzene rings is 2. The molecule has 0 radical (unpaired) electrons. The van der Waals surface area contributed by atoms with E-state index in [-0.39, 0.29) is 23.6 Å². The average Bonchev–Trinajstić information content (AvgIpc) is 3.51. The molecule has 0 saturated heterocycles. The van der Waals surface area contributed by atoms with E-state index in [1.54, 1.807) is 36.1 Å². The maximum Gasteiger partial charge on any atom is 0.263 e. The Hall–Kier alpha value is -4.69. The molecular formula is C28H21F2N5O3S. The number of amides is 2. The molecule has 5 rings (SSSR count). The quantitative estimate of drug-likeness (QED) is 0.331. The van der Waals surface area contributed by atoms with Crippen LogP contribution in [0.3, 0.4) is 0 Å². The van der Waals surface area contributed by atoms with Gasteiger partial charge in [0.05, 0.1) is 48.0 Å². The van der Waals surface area contributed by atoms with Crippen LogP contribution >= 0.6 is 11.3 Å². The molecule has 2 aromatic carbocycles. The molecule has 0 fully saturated rings. The number of carbonyl (C=O) groups excluding carboxylic acids is 2. The van der Waals surface area contributed by atoms with Crippen molar-refractivity contribution in [3.63, 3.8) is 0 Å². The number of methoxy groups -OCH3 is 1. The number of nitrogens with zero attached hydrogens (tertiary/aromatic N) is 4. The van der Waals surface area contributed by atoms with Crippen molar-refractivity contribution in [1.29, 1.82) is 5.26 Å². The monoisotopic (exact) mass is 545 g/mol. The van der Waals surface area contributed by atoms with Gasteiger partial charge in [-0.3, -0.25) is 19.9 Å². The molecule has 2 aromatic heterocycles. The summed E-state index contributed by atoms with van der Waals surface area (Å²) in [5.41, 5.74) is 3.39. The average molecular weight is 546 g/mol. The van der Waals surface area contributed by atoms with Gasteiger partial charge in [-0.2, -0.15) is 5.26 Å². The van der Waals surface area contributed by atoms with Gasteiger partial charge < -0.3 is 9.64 Å². The third-order valence-electron chi connectivity index (χ3n) is 6.27. The number of hydrogen-bond donors (Lipinski definition) is 1. The minimum atomic E-state index is -2.60. The molecule has 1 aliphatic rings. The topological polar surface area (TPSA) is 108 Å². The third-order valence-corrected chi connectivity index (χ3v) is 7.27. The molecule has 8 nitrogen and oxygen atoms in total.